The van der Waals surface area contributed by atoms with Crippen molar-refractivity contribution >= 4 is 12.0 Å². The van der Waals surface area contributed by atoms with Gasteiger partial charge in [-0.15, -0.1) is 0 Å². The number of carbonyl (C=O) groups excluding carboxylic acids is 1. The van der Waals surface area contributed by atoms with Gasteiger partial charge in [0.25, 0.3) is 5.91 Å². The largest absolute Gasteiger partial charge is 0.494 e. The molecular formula is C22H24N2O2. The molecule has 1 N–H and O–H groups in total. The molecule has 0 aliphatic carbocycles. The van der Waals surface area contributed by atoms with Gasteiger partial charge in [0.2, 0.25) is 0 Å². The van der Waals surface area contributed by atoms with Gasteiger partial charge in [-0.25, -0.2) is 0 Å². The van der Waals surface area contributed by atoms with Crippen LogP contribution in [0.4, 0.5) is 0 Å². The van der Waals surface area contributed by atoms with Crippen LogP contribution in [0.25, 0.3) is 6.08 Å². The van der Waals surface area contributed by atoms with Gasteiger partial charge in [-0.1, -0.05) is 55.8 Å². The fourth-order valence-corrected chi connectivity index (χ4v) is 2.37. The van der Waals surface area contributed by atoms with Gasteiger partial charge < -0.3 is 10.1 Å². The summed E-state index contributed by atoms with van der Waals surface area (Å²) >= 11 is 0. The van der Waals surface area contributed by atoms with Crippen LogP contribution >= 0.6 is 0 Å². The molecule has 0 radical (unpaired) electrons. The minimum absolute atomic E-state index is 0.0951. The number of nitrogens with zero attached hydrogens (tertiary/aromatic N) is 1. The lowest BCUT2D eigenvalue weighted by atomic mass is 10.1. The fraction of sp³-hybridized carbons (Fsp3) is 0.273. The first-order valence-electron chi connectivity index (χ1n) is 8.89. The van der Waals surface area contributed by atoms with Crippen LogP contribution in [0.15, 0.2) is 60.2 Å². The average molecular weight is 348 g/mol. The molecule has 2 aromatic carbocycles. The fourth-order valence-electron chi connectivity index (χ4n) is 2.37. The first-order chi connectivity index (χ1) is 12.7. The number of carbonyl (C=O) groups is 1. The molecule has 0 spiro atoms. The molecule has 0 aliphatic heterocycles. The van der Waals surface area contributed by atoms with Crippen molar-refractivity contribution in [2.75, 3.05) is 13.2 Å². The predicted molar refractivity (Wildman–Crippen MR) is 104 cm³/mol. The van der Waals surface area contributed by atoms with Crippen molar-refractivity contribution < 1.29 is 9.53 Å². The molecule has 0 saturated heterocycles. The van der Waals surface area contributed by atoms with Crippen LogP contribution in [0.1, 0.15) is 30.9 Å². The third-order valence-electron chi connectivity index (χ3n) is 3.86. The van der Waals surface area contributed by atoms with Crippen molar-refractivity contribution in [3.63, 3.8) is 0 Å². The third-order valence-corrected chi connectivity index (χ3v) is 3.86. The summed E-state index contributed by atoms with van der Waals surface area (Å²) in [4.78, 5) is 12.2. The zero-order valence-electron chi connectivity index (χ0n) is 15.1. The van der Waals surface area contributed by atoms with Crippen LogP contribution in [-0.2, 0) is 11.2 Å². The molecule has 2 aromatic rings. The van der Waals surface area contributed by atoms with E-state index in [4.69, 9.17) is 4.74 Å². The number of nitriles is 1. The van der Waals surface area contributed by atoms with E-state index in [1.807, 2.05) is 60.7 Å². The van der Waals surface area contributed by atoms with Gasteiger partial charge >= 0.3 is 0 Å². The first kappa shape index (κ1) is 19.3. The van der Waals surface area contributed by atoms with E-state index in [2.05, 4.69) is 12.2 Å². The summed E-state index contributed by atoms with van der Waals surface area (Å²) < 4.78 is 5.61. The Hall–Kier alpha value is -3.06. The summed E-state index contributed by atoms with van der Waals surface area (Å²) in [5.74, 6) is 0.438. The highest BCUT2D eigenvalue weighted by Crippen LogP contribution is 2.15. The molecule has 0 unspecified atom stereocenters. The summed E-state index contributed by atoms with van der Waals surface area (Å²) in [5.41, 5.74) is 2.04. The van der Waals surface area contributed by atoms with Crippen LogP contribution in [0.5, 0.6) is 5.75 Å². The first-order valence-corrected chi connectivity index (χ1v) is 8.89. The van der Waals surface area contributed by atoms with Gasteiger partial charge in [0.05, 0.1) is 6.61 Å². The van der Waals surface area contributed by atoms with E-state index in [9.17, 15) is 10.1 Å². The number of benzene rings is 2. The van der Waals surface area contributed by atoms with E-state index in [1.165, 1.54) is 0 Å². The standard InChI is InChI=1S/C22H24N2O2/c1-2-3-15-26-21-11-9-19(10-12-21)16-20(17-23)22(25)24-14-13-18-7-5-4-6-8-18/h4-12,16H,2-3,13-15H2,1H3,(H,24,25)/b20-16+. The molecule has 26 heavy (non-hydrogen) atoms. The topological polar surface area (TPSA) is 62.1 Å². The summed E-state index contributed by atoms with van der Waals surface area (Å²) in [6, 6.07) is 19.3. The maximum Gasteiger partial charge on any atom is 0.261 e. The lowest BCUT2D eigenvalue weighted by molar-refractivity contribution is -0.117. The maximum atomic E-state index is 12.2. The van der Waals surface area contributed by atoms with E-state index in [0.29, 0.717) is 13.2 Å². The molecule has 4 nitrogen and oxygen atoms in total. The number of unbranched alkanes of at least 4 members (excludes halogenated alkanes) is 1. The Morgan fingerprint density at radius 1 is 1.15 bits per heavy atom. The number of rotatable bonds is 9. The van der Waals surface area contributed by atoms with Crippen LogP contribution in [-0.4, -0.2) is 19.1 Å². The molecule has 0 fully saturated rings. The van der Waals surface area contributed by atoms with E-state index in [1.54, 1.807) is 6.08 Å². The molecule has 134 valence electrons. The highest BCUT2D eigenvalue weighted by molar-refractivity contribution is 6.01. The second-order valence-corrected chi connectivity index (χ2v) is 5.93. The molecule has 0 aromatic heterocycles. The number of amides is 1. The van der Waals surface area contributed by atoms with Crippen molar-refractivity contribution in [3.05, 3.63) is 71.3 Å². The van der Waals surface area contributed by atoms with Gasteiger partial charge in [-0.2, -0.15) is 5.26 Å². The molecule has 0 aliphatic rings. The van der Waals surface area contributed by atoms with Gasteiger partial charge in [0.1, 0.15) is 17.4 Å². The minimum atomic E-state index is -0.355. The molecule has 4 heteroatoms. The number of hydrogen-bond donors (Lipinski definition) is 1. The molecule has 0 bridgehead atoms. The van der Waals surface area contributed by atoms with Crippen LogP contribution in [0, 0.1) is 11.3 Å². The molecule has 2 rings (SSSR count). The Balaban J connectivity index is 1.89. The molecular weight excluding hydrogens is 324 g/mol. The van der Waals surface area contributed by atoms with Crippen molar-refractivity contribution in [2.24, 2.45) is 0 Å². The van der Waals surface area contributed by atoms with E-state index < -0.39 is 0 Å². The molecule has 0 saturated carbocycles. The molecule has 0 atom stereocenters. The zero-order valence-corrected chi connectivity index (χ0v) is 15.1. The lowest BCUT2D eigenvalue weighted by Gasteiger charge is -2.06. The Kier molecular flexibility index (Phi) is 7.95. The summed E-state index contributed by atoms with van der Waals surface area (Å²) in [5, 5.41) is 12.1. The second-order valence-electron chi connectivity index (χ2n) is 5.93. The highest BCUT2D eigenvalue weighted by Gasteiger charge is 2.08. The molecule has 1 amide bonds. The quantitative estimate of drug-likeness (QED) is 0.421. The second kappa shape index (κ2) is 10.7. The van der Waals surface area contributed by atoms with Crippen molar-refractivity contribution in [1.29, 1.82) is 5.26 Å². The number of ether oxygens (including phenoxy) is 1. The Morgan fingerprint density at radius 2 is 1.88 bits per heavy atom. The van der Waals surface area contributed by atoms with E-state index in [-0.39, 0.29) is 11.5 Å². The lowest BCUT2D eigenvalue weighted by Crippen LogP contribution is -2.26. The van der Waals surface area contributed by atoms with Crippen molar-refractivity contribution in [1.82, 2.24) is 5.32 Å². The van der Waals surface area contributed by atoms with Crippen LogP contribution in [0.3, 0.4) is 0 Å². The van der Waals surface area contributed by atoms with Crippen molar-refractivity contribution in [3.8, 4) is 11.8 Å². The normalized spacial score (nSPS) is 10.8. The maximum absolute atomic E-state index is 12.2. The SMILES string of the molecule is CCCCOc1ccc(/C=C(\C#N)C(=O)NCCc2ccccc2)cc1. The summed E-state index contributed by atoms with van der Waals surface area (Å²) in [6.07, 6.45) is 4.43. The Morgan fingerprint density at radius 3 is 2.54 bits per heavy atom. The smallest absolute Gasteiger partial charge is 0.261 e. The van der Waals surface area contributed by atoms with Gasteiger partial charge in [0.15, 0.2) is 0 Å². The average Bonchev–Trinajstić information content (AvgIpc) is 2.68. The van der Waals surface area contributed by atoms with E-state index >= 15 is 0 Å². The van der Waals surface area contributed by atoms with Gasteiger partial charge in [-0.3, -0.25) is 4.79 Å². The highest BCUT2D eigenvalue weighted by atomic mass is 16.5. The van der Waals surface area contributed by atoms with Crippen LogP contribution < -0.4 is 10.1 Å². The van der Waals surface area contributed by atoms with E-state index in [0.717, 1.165) is 36.1 Å². The minimum Gasteiger partial charge on any atom is -0.494 e. The molecule has 0 heterocycles. The zero-order chi connectivity index (χ0) is 18.6. The van der Waals surface area contributed by atoms with Gasteiger partial charge in [0, 0.05) is 6.54 Å². The summed E-state index contributed by atoms with van der Waals surface area (Å²) in [7, 11) is 0. The van der Waals surface area contributed by atoms with Gasteiger partial charge in [-0.05, 0) is 42.2 Å². The summed E-state index contributed by atoms with van der Waals surface area (Å²) in [6.45, 7) is 3.30. The Bertz CT molecular complexity index is 759. The Labute approximate surface area is 155 Å². The van der Waals surface area contributed by atoms with Crippen LogP contribution in [0.2, 0.25) is 0 Å². The van der Waals surface area contributed by atoms with Crippen molar-refractivity contribution in [2.45, 2.75) is 26.2 Å². The monoisotopic (exact) mass is 348 g/mol. The third kappa shape index (κ3) is 6.45. The predicted octanol–water partition coefficient (Wildman–Crippen LogP) is 4.13. The number of hydrogen-bond acceptors (Lipinski definition) is 3. The number of nitrogens with one attached hydrogen (secondary N) is 1.